The maximum atomic E-state index is 6.60. The van der Waals surface area contributed by atoms with E-state index < -0.39 is 47.9 Å². The molecule has 8 aliphatic heterocycles. The van der Waals surface area contributed by atoms with Crippen molar-refractivity contribution in [3.05, 3.63) is 72.3 Å². The molecule has 64 heavy (non-hydrogen) atoms. The molecule has 10 fully saturated rings. The predicted octanol–water partition coefficient (Wildman–Crippen LogP) is 7.96. The third kappa shape index (κ3) is 6.61. The van der Waals surface area contributed by atoms with Crippen LogP contribution in [0.4, 0.5) is 0 Å². The molecule has 10 aliphatic rings. The van der Waals surface area contributed by atoms with Crippen LogP contribution in [0.3, 0.4) is 0 Å². The van der Waals surface area contributed by atoms with Gasteiger partial charge in [-0.1, -0.05) is 62.4 Å². The summed E-state index contributed by atoms with van der Waals surface area (Å²) in [6.07, 6.45) is 9.62. The van der Waals surface area contributed by atoms with E-state index in [2.05, 4.69) is 72.6 Å². The minimum Gasteiger partial charge on any atom is -0.346 e. The van der Waals surface area contributed by atoms with Crippen molar-refractivity contribution in [2.45, 2.75) is 154 Å². The number of ether oxygens (including phenoxy) is 6. The Morgan fingerprint density at radius 2 is 0.969 bits per heavy atom. The minimum absolute atomic E-state index is 0.0817. The van der Waals surface area contributed by atoms with Gasteiger partial charge in [0, 0.05) is 36.5 Å². The molecule has 2 aromatic heterocycles. The second-order valence-corrected chi connectivity index (χ2v) is 20.6. The van der Waals surface area contributed by atoms with E-state index in [9.17, 15) is 0 Å². The Morgan fingerprint density at radius 3 is 1.39 bits per heavy atom. The number of fused-ring (bicyclic) bond motifs is 4. The molecular formula is C48H60N6O10. The molecule has 342 valence electrons. The summed E-state index contributed by atoms with van der Waals surface area (Å²) >= 11 is 0. The van der Waals surface area contributed by atoms with Gasteiger partial charge < -0.3 is 28.4 Å². The Bertz CT molecular complexity index is 2180. The van der Waals surface area contributed by atoms with Crippen LogP contribution in [0.5, 0.6) is 0 Å². The van der Waals surface area contributed by atoms with E-state index in [1.807, 2.05) is 50.5 Å². The van der Waals surface area contributed by atoms with Crippen LogP contribution in [0.1, 0.15) is 104 Å². The van der Waals surface area contributed by atoms with Gasteiger partial charge in [-0.25, -0.2) is 28.9 Å². The summed E-state index contributed by atoms with van der Waals surface area (Å²) in [5.41, 5.74) is 4.13. The number of benzene rings is 2. The maximum Gasteiger partial charge on any atom is 0.201 e. The SMILES string of the molecule is C[C@H]1[C@H](OCc2cn(-c3ccc(-c4ccc(-n5cc(CO[C@@H]6O[C@@H]7O[C@]8(C)CC[C@H]9[C@H](C)CC[C@@H]([C@H]6C)[C@@]79OO8)nn5)cc4)cc3)nn2)O[C@@H]2O[C@]3(C)CC[C@H]4[C@H](C)CC[C@@H]1[C@@]24OO3. The normalized spacial score (nSPS) is 43.3. The Hall–Kier alpha value is -3.68. The molecule has 0 N–H and O–H groups in total. The summed E-state index contributed by atoms with van der Waals surface area (Å²) in [5.74, 6) is 0.533. The van der Waals surface area contributed by atoms with E-state index in [0.717, 1.165) is 73.9 Å². The molecule has 0 unspecified atom stereocenters. The molecule has 4 aromatic rings. The fourth-order valence-electron chi connectivity index (χ4n) is 13.1. The van der Waals surface area contributed by atoms with Crippen LogP contribution in [-0.4, -0.2) is 77.9 Å². The molecular weight excluding hydrogens is 821 g/mol. The topological polar surface area (TPSA) is 154 Å². The summed E-state index contributed by atoms with van der Waals surface area (Å²) in [6.45, 7) is 13.4. The van der Waals surface area contributed by atoms with Crippen molar-refractivity contribution in [2.75, 3.05) is 0 Å². The zero-order valence-electron chi connectivity index (χ0n) is 37.5. The largest absolute Gasteiger partial charge is 0.346 e. The molecule has 2 aromatic carbocycles. The first kappa shape index (κ1) is 41.7. The third-order valence-electron chi connectivity index (χ3n) is 16.7. The maximum absolute atomic E-state index is 6.60. The molecule has 0 amide bonds. The van der Waals surface area contributed by atoms with E-state index in [1.165, 1.54) is 0 Å². The van der Waals surface area contributed by atoms with Crippen molar-refractivity contribution < 1.29 is 48.0 Å². The lowest BCUT2D eigenvalue weighted by atomic mass is 9.58. The smallest absolute Gasteiger partial charge is 0.201 e. The van der Waals surface area contributed by atoms with Crippen molar-refractivity contribution in [1.82, 2.24) is 30.0 Å². The first-order valence-electron chi connectivity index (χ1n) is 23.6. The average molecular weight is 881 g/mol. The fraction of sp³-hybridized carbons (Fsp3) is 0.667. The monoisotopic (exact) mass is 880 g/mol. The fourth-order valence-corrected chi connectivity index (χ4v) is 13.1. The van der Waals surface area contributed by atoms with Gasteiger partial charge in [-0.05, 0) is 111 Å². The molecule has 10 heterocycles. The Labute approximate surface area is 373 Å². The average Bonchev–Trinajstić information content (AvgIpc) is 3.85. The predicted molar refractivity (Wildman–Crippen MR) is 225 cm³/mol. The number of aromatic nitrogens is 6. The Balaban J connectivity index is 0.663. The number of rotatable bonds is 9. The van der Waals surface area contributed by atoms with Crippen LogP contribution in [0.2, 0.25) is 0 Å². The van der Waals surface area contributed by atoms with E-state index in [1.54, 1.807) is 9.36 Å². The highest BCUT2D eigenvalue weighted by Crippen LogP contribution is 2.62. The molecule has 4 bridgehead atoms. The molecule has 8 saturated heterocycles. The summed E-state index contributed by atoms with van der Waals surface area (Å²) in [6, 6.07) is 16.5. The van der Waals surface area contributed by atoms with Crippen molar-refractivity contribution >= 4 is 0 Å². The molecule has 16 nitrogen and oxygen atoms in total. The van der Waals surface area contributed by atoms with E-state index in [4.69, 9.17) is 48.0 Å². The molecule has 16 atom stereocenters. The second kappa shape index (κ2) is 15.4. The van der Waals surface area contributed by atoms with Crippen molar-refractivity contribution in [3.8, 4) is 22.5 Å². The van der Waals surface area contributed by atoms with Crippen LogP contribution in [0, 0.1) is 47.3 Å². The highest BCUT2D eigenvalue weighted by molar-refractivity contribution is 5.65. The lowest BCUT2D eigenvalue weighted by Gasteiger charge is -2.60. The third-order valence-corrected chi connectivity index (χ3v) is 16.7. The quantitative estimate of drug-likeness (QED) is 0.149. The lowest BCUT2D eigenvalue weighted by molar-refractivity contribution is -0.577. The zero-order valence-corrected chi connectivity index (χ0v) is 37.5. The summed E-state index contributed by atoms with van der Waals surface area (Å²) in [4.78, 5) is 24.5. The van der Waals surface area contributed by atoms with Crippen molar-refractivity contribution in [1.29, 1.82) is 0 Å². The standard InChI is InChI=1S/C48H60N6O10/c1-27-7-17-39-29(3)41(57-43-47(39)37(27)19-21-45(5,59-43)61-63-47)55-25-33-23-53(51-49-33)35-13-9-31(10-14-35)32-11-15-36(16-12-32)54-24-34(50-52-54)26-56-42-30(4)40-18-8-28(2)38-20-22-46(6)60-44(58-42)48(38,40)64-62-46/h9-16,23-24,27-30,37-44H,7-8,17-22,25-26H2,1-6H3/t27-,28-,29-,30-,37+,38+,39+,40+,41-,42-,43-,44-,45+,46+,47-,48-/m1/s1. The van der Waals surface area contributed by atoms with Gasteiger partial charge in [0.05, 0.1) is 37.0 Å². The van der Waals surface area contributed by atoms with E-state index in [-0.39, 0.29) is 36.9 Å². The molecule has 14 rings (SSSR count). The Kier molecular flexibility index (Phi) is 10.1. The van der Waals surface area contributed by atoms with Crippen LogP contribution in [0.25, 0.3) is 22.5 Å². The molecule has 2 aliphatic carbocycles. The zero-order chi connectivity index (χ0) is 43.6. The lowest BCUT2D eigenvalue weighted by Crippen LogP contribution is -2.70. The highest BCUT2D eigenvalue weighted by Gasteiger charge is 2.71. The first-order chi connectivity index (χ1) is 30.9. The van der Waals surface area contributed by atoms with Crippen LogP contribution < -0.4 is 0 Å². The van der Waals surface area contributed by atoms with Crippen molar-refractivity contribution in [3.63, 3.8) is 0 Å². The summed E-state index contributed by atoms with van der Waals surface area (Å²) in [7, 11) is 0. The first-order valence-corrected chi connectivity index (χ1v) is 23.6. The van der Waals surface area contributed by atoms with Gasteiger partial charge in [0.2, 0.25) is 11.6 Å². The molecule has 16 heteroatoms. The minimum atomic E-state index is -0.824. The van der Waals surface area contributed by atoms with Crippen LogP contribution in [0.15, 0.2) is 60.9 Å². The Morgan fingerprint density at radius 1 is 0.547 bits per heavy atom. The molecule has 2 saturated carbocycles. The number of hydrogen-bond donors (Lipinski definition) is 0. The van der Waals surface area contributed by atoms with Crippen molar-refractivity contribution in [2.24, 2.45) is 47.3 Å². The van der Waals surface area contributed by atoms with Gasteiger partial charge in [0.15, 0.2) is 36.4 Å². The van der Waals surface area contributed by atoms with E-state index in [0.29, 0.717) is 35.1 Å². The van der Waals surface area contributed by atoms with Gasteiger partial charge in [-0.2, -0.15) is 0 Å². The van der Waals surface area contributed by atoms with Crippen LogP contribution in [-0.2, 0) is 61.2 Å². The summed E-state index contributed by atoms with van der Waals surface area (Å²) < 4.78 is 42.6. The van der Waals surface area contributed by atoms with Gasteiger partial charge in [-0.3, -0.25) is 0 Å². The number of hydrogen-bond acceptors (Lipinski definition) is 14. The van der Waals surface area contributed by atoms with Gasteiger partial charge in [0.1, 0.15) is 11.4 Å². The second-order valence-electron chi connectivity index (χ2n) is 20.6. The molecule has 2 spiro atoms. The van der Waals surface area contributed by atoms with Gasteiger partial charge >= 0.3 is 0 Å². The van der Waals surface area contributed by atoms with Gasteiger partial charge in [0.25, 0.3) is 0 Å². The van der Waals surface area contributed by atoms with Crippen LogP contribution >= 0.6 is 0 Å². The number of nitrogens with zero attached hydrogens (tertiary/aromatic N) is 6. The van der Waals surface area contributed by atoms with Gasteiger partial charge in [-0.15, -0.1) is 10.2 Å². The van der Waals surface area contributed by atoms with E-state index >= 15 is 0 Å². The highest BCUT2D eigenvalue weighted by atomic mass is 17.3. The molecule has 0 radical (unpaired) electrons. The summed E-state index contributed by atoms with van der Waals surface area (Å²) in [5, 5.41) is 17.7.